The van der Waals surface area contributed by atoms with Crippen molar-refractivity contribution in [3.05, 3.63) is 82.6 Å². The van der Waals surface area contributed by atoms with Gasteiger partial charge >= 0.3 is 0 Å². The summed E-state index contributed by atoms with van der Waals surface area (Å²) in [4.78, 5) is 17.2. The lowest BCUT2D eigenvalue weighted by Gasteiger charge is -2.12. The largest absolute Gasteiger partial charge is 0.322 e. The molecular weight excluding hydrogens is 437 g/mol. The summed E-state index contributed by atoms with van der Waals surface area (Å²) in [6.45, 7) is 3.65. The highest BCUT2D eigenvalue weighted by Gasteiger charge is 2.19. The summed E-state index contributed by atoms with van der Waals surface area (Å²) in [6, 6.07) is 14.7. The number of halogens is 1. The first kappa shape index (κ1) is 21.0. The molecule has 1 aromatic heterocycles. The number of rotatable bonds is 5. The van der Waals surface area contributed by atoms with Gasteiger partial charge in [0.2, 0.25) is 0 Å². The first-order chi connectivity index (χ1) is 14.7. The molecule has 1 amide bonds. The van der Waals surface area contributed by atoms with Crippen LogP contribution in [0.5, 0.6) is 0 Å². The number of aromatic nitrogens is 1. The lowest BCUT2D eigenvalue weighted by molar-refractivity contribution is 0.102. The predicted octanol–water partition coefficient (Wildman–Crippen LogP) is 5.11. The highest BCUT2D eigenvalue weighted by molar-refractivity contribution is 7.92. The van der Waals surface area contributed by atoms with Gasteiger partial charge in [0, 0.05) is 16.9 Å². The van der Waals surface area contributed by atoms with Gasteiger partial charge < -0.3 is 5.32 Å². The summed E-state index contributed by atoms with van der Waals surface area (Å²) < 4.78 is 41.9. The topological polar surface area (TPSA) is 88.2 Å². The van der Waals surface area contributed by atoms with Crippen LogP contribution in [0.4, 0.5) is 15.8 Å². The third-order valence-corrected chi connectivity index (χ3v) is 6.93. The Balaban J connectivity index is 1.60. The molecule has 0 fully saturated rings. The second-order valence-electron chi connectivity index (χ2n) is 6.96. The van der Waals surface area contributed by atoms with Crippen molar-refractivity contribution in [1.82, 2.24) is 4.98 Å². The minimum Gasteiger partial charge on any atom is -0.322 e. The van der Waals surface area contributed by atoms with Crippen LogP contribution in [-0.2, 0) is 10.0 Å². The van der Waals surface area contributed by atoms with Crippen LogP contribution < -0.4 is 10.0 Å². The molecule has 9 heteroatoms. The first-order valence-electron chi connectivity index (χ1n) is 9.29. The van der Waals surface area contributed by atoms with E-state index in [1.165, 1.54) is 35.6 Å². The Labute approximate surface area is 182 Å². The number of hydrogen-bond donors (Lipinski definition) is 2. The maximum atomic E-state index is 13.1. The average Bonchev–Trinajstić information content (AvgIpc) is 3.09. The van der Waals surface area contributed by atoms with Gasteiger partial charge in [-0.2, -0.15) is 0 Å². The molecule has 0 bridgehead atoms. The monoisotopic (exact) mass is 455 g/mol. The summed E-state index contributed by atoms with van der Waals surface area (Å²) in [7, 11) is -3.96. The van der Waals surface area contributed by atoms with Crippen molar-refractivity contribution in [3.8, 4) is 0 Å². The Morgan fingerprint density at radius 2 is 1.68 bits per heavy atom. The maximum Gasteiger partial charge on any atom is 0.261 e. The van der Waals surface area contributed by atoms with E-state index in [9.17, 15) is 17.6 Å². The lowest BCUT2D eigenvalue weighted by atomic mass is 10.1. The summed E-state index contributed by atoms with van der Waals surface area (Å²) in [5, 5.41) is 3.75. The molecule has 0 spiro atoms. The van der Waals surface area contributed by atoms with Crippen LogP contribution in [-0.4, -0.2) is 19.3 Å². The van der Waals surface area contributed by atoms with Crippen LogP contribution >= 0.6 is 11.3 Å². The quantitative estimate of drug-likeness (QED) is 0.438. The number of fused-ring (bicyclic) bond motifs is 1. The number of benzene rings is 3. The molecule has 0 radical (unpaired) electrons. The van der Waals surface area contributed by atoms with Gasteiger partial charge in [-0.1, -0.05) is 6.07 Å². The van der Waals surface area contributed by atoms with Crippen molar-refractivity contribution in [1.29, 1.82) is 0 Å². The van der Waals surface area contributed by atoms with E-state index < -0.39 is 21.7 Å². The molecule has 4 rings (SSSR count). The minimum atomic E-state index is -3.96. The highest BCUT2D eigenvalue weighted by atomic mass is 32.2. The van der Waals surface area contributed by atoms with Gasteiger partial charge in [0.15, 0.2) is 0 Å². The molecule has 0 atom stereocenters. The molecule has 31 heavy (non-hydrogen) atoms. The van der Waals surface area contributed by atoms with Crippen molar-refractivity contribution in [2.75, 3.05) is 10.0 Å². The molecule has 158 valence electrons. The third-order valence-electron chi connectivity index (χ3n) is 4.61. The standard InChI is InChI=1S/C22H18FN3O3S2/c1-13-3-9-18(31(28,29)26-16-6-4-15(23)5-7-16)12-19(13)22(27)25-17-8-10-20-21(11-17)30-14(2)24-20/h3-12,26H,1-2H3,(H,25,27). The molecule has 0 aliphatic carbocycles. The lowest BCUT2D eigenvalue weighted by Crippen LogP contribution is -2.17. The van der Waals surface area contributed by atoms with Crippen molar-refractivity contribution in [3.63, 3.8) is 0 Å². The Morgan fingerprint density at radius 1 is 0.968 bits per heavy atom. The molecule has 3 aromatic carbocycles. The van der Waals surface area contributed by atoms with Crippen LogP contribution in [0.3, 0.4) is 0 Å². The third kappa shape index (κ3) is 4.57. The molecule has 6 nitrogen and oxygen atoms in total. The molecule has 1 heterocycles. The van der Waals surface area contributed by atoms with Gasteiger partial charge in [0.05, 0.1) is 20.1 Å². The summed E-state index contributed by atoms with van der Waals surface area (Å²) in [6.07, 6.45) is 0. The Kier molecular flexibility index (Phi) is 5.47. The number of anilines is 2. The van der Waals surface area contributed by atoms with Crippen LogP contribution in [0.25, 0.3) is 10.2 Å². The van der Waals surface area contributed by atoms with E-state index in [1.54, 1.807) is 19.1 Å². The van der Waals surface area contributed by atoms with E-state index in [0.29, 0.717) is 11.3 Å². The van der Waals surface area contributed by atoms with Crippen LogP contribution in [0.1, 0.15) is 20.9 Å². The number of amides is 1. The van der Waals surface area contributed by atoms with E-state index in [1.807, 2.05) is 19.1 Å². The molecule has 0 saturated heterocycles. The SMILES string of the molecule is Cc1nc2ccc(NC(=O)c3cc(S(=O)(=O)Nc4ccc(F)cc4)ccc3C)cc2s1. The molecule has 0 aliphatic rings. The van der Waals surface area contributed by atoms with Gasteiger partial charge in [-0.15, -0.1) is 11.3 Å². The summed E-state index contributed by atoms with van der Waals surface area (Å²) in [5.41, 5.74) is 2.55. The number of carbonyl (C=O) groups is 1. The smallest absolute Gasteiger partial charge is 0.261 e. The van der Waals surface area contributed by atoms with Gasteiger partial charge in [0.1, 0.15) is 5.82 Å². The average molecular weight is 456 g/mol. The highest BCUT2D eigenvalue weighted by Crippen LogP contribution is 2.26. The molecule has 2 N–H and O–H groups in total. The van der Waals surface area contributed by atoms with Gasteiger partial charge in [-0.25, -0.2) is 17.8 Å². The van der Waals surface area contributed by atoms with E-state index >= 15 is 0 Å². The summed E-state index contributed by atoms with van der Waals surface area (Å²) in [5.74, 6) is -0.888. The van der Waals surface area contributed by atoms with Crippen LogP contribution in [0.15, 0.2) is 65.6 Å². The first-order valence-corrected chi connectivity index (χ1v) is 11.6. The minimum absolute atomic E-state index is 0.0684. The van der Waals surface area contributed by atoms with E-state index in [2.05, 4.69) is 15.0 Å². The fourth-order valence-corrected chi connectivity index (χ4v) is 5.01. The van der Waals surface area contributed by atoms with Crippen LogP contribution in [0.2, 0.25) is 0 Å². The zero-order valence-electron chi connectivity index (χ0n) is 16.6. The Hall–Kier alpha value is -3.30. The van der Waals surface area contributed by atoms with Crippen molar-refractivity contribution >= 4 is 48.9 Å². The zero-order chi connectivity index (χ0) is 22.2. The van der Waals surface area contributed by atoms with E-state index in [4.69, 9.17) is 0 Å². The number of carbonyl (C=O) groups excluding carboxylic acids is 1. The molecular formula is C22H18FN3O3S2. The van der Waals surface area contributed by atoms with Crippen molar-refractivity contribution in [2.45, 2.75) is 18.7 Å². The zero-order valence-corrected chi connectivity index (χ0v) is 18.3. The van der Waals surface area contributed by atoms with Gasteiger partial charge in [0.25, 0.3) is 15.9 Å². The number of hydrogen-bond acceptors (Lipinski definition) is 5. The van der Waals surface area contributed by atoms with E-state index in [-0.39, 0.29) is 16.1 Å². The maximum absolute atomic E-state index is 13.1. The predicted molar refractivity (Wildman–Crippen MR) is 121 cm³/mol. The second kappa shape index (κ2) is 8.09. The van der Waals surface area contributed by atoms with Crippen LogP contribution in [0, 0.1) is 19.7 Å². The summed E-state index contributed by atoms with van der Waals surface area (Å²) >= 11 is 1.53. The number of sulfonamides is 1. The number of thiazole rings is 1. The normalized spacial score (nSPS) is 11.5. The fraction of sp³-hybridized carbons (Fsp3) is 0.0909. The van der Waals surface area contributed by atoms with Gasteiger partial charge in [-0.05, 0) is 74.0 Å². The van der Waals surface area contributed by atoms with Crippen molar-refractivity contribution < 1.29 is 17.6 Å². The van der Waals surface area contributed by atoms with E-state index in [0.717, 1.165) is 27.4 Å². The molecule has 0 saturated carbocycles. The fourth-order valence-electron chi connectivity index (χ4n) is 3.06. The molecule has 0 unspecified atom stereocenters. The molecule has 0 aliphatic heterocycles. The second-order valence-corrected chi connectivity index (χ2v) is 9.88. The number of aryl methyl sites for hydroxylation is 2. The Morgan fingerprint density at radius 3 is 2.42 bits per heavy atom. The van der Waals surface area contributed by atoms with Gasteiger partial charge in [-0.3, -0.25) is 9.52 Å². The number of nitrogens with zero attached hydrogens (tertiary/aromatic N) is 1. The number of nitrogens with one attached hydrogen (secondary N) is 2. The molecule has 4 aromatic rings. The Bertz CT molecular complexity index is 1400. The van der Waals surface area contributed by atoms with Crippen molar-refractivity contribution in [2.24, 2.45) is 0 Å².